The van der Waals surface area contributed by atoms with Crippen LogP contribution >= 0.6 is 23.2 Å². The second kappa shape index (κ2) is 7.68. The van der Waals surface area contributed by atoms with E-state index < -0.39 is 11.5 Å². The van der Waals surface area contributed by atoms with Crippen LogP contribution in [0.15, 0.2) is 53.6 Å². The first-order valence-corrected chi connectivity index (χ1v) is 8.44. The second-order valence-electron chi connectivity index (χ2n) is 5.57. The Morgan fingerprint density at radius 1 is 1.23 bits per heavy atom. The minimum Gasteiger partial charge on any atom is -0.310 e. The Kier molecular flexibility index (Phi) is 5.35. The van der Waals surface area contributed by atoms with E-state index in [1.807, 2.05) is 0 Å². The average molecular weight is 389 g/mol. The number of benzene rings is 1. The van der Waals surface area contributed by atoms with Gasteiger partial charge in [0.1, 0.15) is 5.56 Å². The van der Waals surface area contributed by atoms with E-state index >= 15 is 0 Å². The van der Waals surface area contributed by atoms with Crippen molar-refractivity contribution < 1.29 is 4.79 Å². The van der Waals surface area contributed by atoms with Gasteiger partial charge in [0.2, 0.25) is 5.95 Å². The number of hydrogen-bond acceptors (Lipinski definition) is 4. The van der Waals surface area contributed by atoms with E-state index in [1.54, 1.807) is 43.5 Å². The fraction of sp³-hybridized carbons (Fsp3) is 0.111. The molecule has 0 fully saturated rings. The largest absolute Gasteiger partial charge is 0.310 e. The number of aryl methyl sites for hydroxylation is 1. The standard InChI is InChI=1S/C18H14Cl2N4O2/c1-11-6-7-21-18(22-11)23-16(25)14-3-2-8-24(17(14)26)10-12-4-5-13(19)9-15(12)20/h2-9H,10H2,1H3,(H,21,22,23,25). The number of halogens is 2. The predicted octanol–water partition coefficient (Wildman–Crippen LogP) is 3.55. The lowest BCUT2D eigenvalue weighted by Crippen LogP contribution is -2.29. The van der Waals surface area contributed by atoms with Gasteiger partial charge >= 0.3 is 0 Å². The number of hydrogen-bond donors (Lipinski definition) is 1. The van der Waals surface area contributed by atoms with Crippen LogP contribution in [0.1, 0.15) is 21.6 Å². The van der Waals surface area contributed by atoms with Crippen molar-refractivity contribution in [1.29, 1.82) is 0 Å². The molecular weight excluding hydrogens is 375 g/mol. The molecule has 6 nitrogen and oxygen atoms in total. The van der Waals surface area contributed by atoms with Crippen LogP contribution in [-0.2, 0) is 6.54 Å². The van der Waals surface area contributed by atoms with Crippen molar-refractivity contribution in [1.82, 2.24) is 14.5 Å². The van der Waals surface area contributed by atoms with E-state index in [-0.39, 0.29) is 18.1 Å². The number of carbonyl (C=O) groups excluding carboxylic acids is 1. The molecule has 8 heteroatoms. The summed E-state index contributed by atoms with van der Waals surface area (Å²) in [6.07, 6.45) is 3.12. The zero-order valence-electron chi connectivity index (χ0n) is 13.7. The van der Waals surface area contributed by atoms with Gasteiger partial charge in [-0.1, -0.05) is 29.3 Å². The minimum atomic E-state index is -0.572. The Labute approximate surface area is 159 Å². The average Bonchev–Trinajstić information content (AvgIpc) is 2.59. The molecule has 0 radical (unpaired) electrons. The third-order valence-corrected chi connectivity index (χ3v) is 4.23. The number of amides is 1. The van der Waals surface area contributed by atoms with Gasteiger partial charge in [-0.25, -0.2) is 9.97 Å². The van der Waals surface area contributed by atoms with E-state index in [9.17, 15) is 9.59 Å². The van der Waals surface area contributed by atoms with Crippen LogP contribution in [0.3, 0.4) is 0 Å². The first-order chi connectivity index (χ1) is 12.4. The fourth-order valence-corrected chi connectivity index (χ4v) is 2.81. The molecule has 0 aliphatic carbocycles. The van der Waals surface area contributed by atoms with Crippen molar-refractivity contribution in [2.45, 2.75) is 13.5 Å². The summed E-state index contributed by atoms with van der Waals surface area (Å²) in [5, 5.41) is 3.49. The lowest BCUT2D eigenvalue weighted by atomic mass is 10.2. The molecule has 1 N–H and O–H groups in total. The van der Waals surface area contributed by atoms with E-state index in [1.165, 1.54) is 16.8 Å². The molecule has 0 bridgehead atoms. The fourth-order valence-electron chi connectivity index (χ4n) is 2.35. The van der Waals surface area contributed by atoms with Crippen molar-refractivity contribution in [3.8, 4) is 0 Å². The van der Waals surface area contributed by atoms with Crippen molar-refractivity contribution in [2.24, 2.45) is 0 Å². The number of carbonyl (C=O) groups is 1. The molecule has 132 valence electrons. The molecule has 0 atom stereocenters. The summed E-state index contributed by atoms with van der Waals surface area (Å²) in [4.78, 5) is 33.1. The van der Waals surface area contributed by atoms with E-state index in [0.29, 0.717) is 15.7 Å². The molecular formula is C18H14Cl2N4O2. The Morgan fingerprint density at radius 3 is 2.77 bits per heavy atom. The van der Waals surface area contributed by atoms with Gasteiger partial charge < -0.3 is 4.57 Å². The Morgan fingerprint density at radius 2 is 2.04 bits per heavy atom. The maximum atomic E-state index is 12.6. The maximum Gasteiger partial charge on any atom is 0.263 e. The number of rotatable bonds is 4. The van der Waals surface area contributed by atoms with Crippen molar-refractivity contribution in [2.75, 3.05) is 5.32 Å². The molecule has 3 rings (SSSR count). The molecule has 0 aliphatic heterocycles. The Hall–Kier alpha value is -2.70. The van der Waals surface area contributed by atoms with Crippen molar-refractivity contribution in [3.05, 3.63) is 86.0 Å². The highest BCUT2D eigenvalue weighted by Gasteiger charge is 2.14. The van der Waals surface area contributed by atoms with Gasteiger partial charge in [-0.05, 0) is 42.8 Å². The second-order valence-corrected chi connectivity index (χ2v) is 6.41. The summed E-state index contributed by atoms with van der Waals surface area (Å²) in [5.74, 6) is -0.428. The molecule has 0 saturated heterocycles. The predicted molar refractivity (Wildman–Crippen MR) is 101 cm³/mol. The molecule has 2 aromatic heterocycles. The van der Waals surface area contributed by atoms with Crippen LogP contribution < -0.4 is 10.9 Å². The van der Waals surface area contributed by atoms with Crippen LogP contribution in [0.5, 0.6) is 0 Å². The first kappa shape index (κ1) is 18.1. The summed E-state index contributed by atoms with van der Waals surface area (Å²) in [6, 6.07) is 9.82. The van der Waals surface area contributed by atoms with Crippen molar-refractivity contribution >= 4 is 35.1 Å². The lowest BCUT2D eigenvalue weighted by Gasteiger charge is -2.10. The Bertz CT molecular complexity index is 1030. The molecule has 26 heavy (non-hydrogen) atoms. The number of nitrogens with one attached hydrogen (secondary N) is 1. The molecule has 0 unspecified atom stereocenters. The zero-order valence-corrected chi connectivity index (χ0v) is 15.3. The van der Waals surface area contributed by atoms with Crippen molar-refractivity contribution in [3.63, 3.8) is 0 Å². The summed E-state index contributed by atoms with van der Waals surface area (Å²) in [7, 11) is 0. The van der Waals surface area contributed by atoms with Crippen LogP contribution in [0.4, 0.5) is 5.95 Å². The maximum absolute atomic E-state index is 12.6. The highest BCUT2D eigenvalue weighted by atomic mass is 35.5. The zero-order chi connectivity index (χ0) is 18.7. The number of aromatic nitrogens is 3. The lowest BCUT2D eigenvalue weighted by molar-refractivity contribution is 0.102. The highest BCUT2D eigenvalue weighted by molar-refractivity contribution is 6.35. The van der Waals surface area contributed by atoms with E-state index in [4.69, 9.17) is 23.2 Å². The van der Waals surface area contributed by atoms with E-state index in [0.717, 1.165) is 5.56 Å². The number of pyridine rings is 1. The third kappa shape index (κ3) is 4.09. The monoisotopic (exact) mass is 388 g/mol. The summed E-state index contributed by atoms with van der Waals surface area (Å²) in [5.41, 5.74) is 0.974. The minimum absolute atomic E-state index is 0.0114. The van der Waals surface area contributed by atoms with Gasteiger partial charge in [-0.2, -0.15) is 0 Å². The molecule has 0 saturated carbocycles. The molecule has 1 amide bonds. The van der Waals surface area contributed by atoms with Crippen LogP contribution in [0.2, 0.25) is 10.0 Å². The SMILES string of the molecule is Cc1ccnc(NC(=O)c2cccn(Cc3ccc(Cl)cc3Cl)c2=O)n1. The molecule has 1 aromatic carbocycles. The van der Waals surface area contributed by atoms with Gasteiger partial charge in [0.25, 0.3) is 11.5 Å². The molecule has 0 spiro atoms. The van der Waals surface area contributed by atoms with Crippen LogP contribution in [-0.4, -0.2) is 20.4 Å². The van der Waals surface area contributed by atoms with Gasteiger partial charge in [0.05, 0.1) is 6.54 Å². The number of nitrogens with zero attached hydrogens (tertiary/aromatic N) is 3. The normalized spacial score (nSPS) is 10.6. The van der Waals surface area contributed by atoms with Crippen LogP contribution in [0.25, 0.3) is 0 Å². The first-order valence-electron chi connectivity index (χ1n) is 7.68. The smallest absolute Gasteiger partial charge is 0.263 e. The summed E-state index contributed by atoms with van der Waals surface area (Å²) in [6.45, 7) is 2.00. The summed E-state index contributed by atoms with van der Waals surface area (Å²) < 4.78 is 1.40. The van der Waals surface area contributed by atoms with Gasteiger partial charge in [-0.15, -0.1) is 0 Å². The quantitative estimate of drug-likeness (QED) is 0.741. The van der Waals surface area contributed by atoms with Gasteiger partial charge in [0.15, 0.2) is 0 Å². The molecule has 0 aliphatic rings. The molecule has 2 heterocycles. The van der Waals surface area contributed by atoms with Gasteiger partial charge in [-0.3, -0.25) is 14.9 Å². The molecule has 3 aromatic rings. The summed E-state index contributed by atoms with van der Waals surface area (Å²) >= 11 is 12.0. The Balaban J connectivity index is 1.87. The number of anilines is 1. The highest BCUT2D eigenvalue weighted by Crippen LogP contribution is 2.21. The van der Waals surface area contributed by atoms with Crippen LogP contribution in [0, 0.1) is 6.92 Å². The third-order valence-electron chi connectivity index (χ3n) is 3.64. The van der Waals surface area contributed by atoms with E-state index in [2.05, 4.69) is 15.3 Å². The topological polar surface area (TPSA) is 76.9 Å². The van der Waals surface area contributed by atoms with Gasteiger partial charge in [0, 0.05) is 28.1 Å².